The third-order valence-electron chi connectivity index (χ3n) is 8.50. The first-order valence-corrected chi connectivity index (χ1v) is 18.2. The van der Waals surface area contributed by atoms with Gasteiger partial charge >= 0.3 is 47.8 Å². The second-order valence-corrected chi connectivity index (χ2v) is 13.4. The highest BCUT2D eigenvalue weighted by Gasteiger charge is 2.57. The SMILES string of the molecule is CC(=O)OC[C@@H]1O[C@H](OC2=C(O[C@@H]3O[C@H](COC(C)=O)[C@H](OC(C)=O)[C@@H](OC(C)=O)[C@@H]3OC(C)=O)C(=O)c3c(O)cccc3C2=O)[C@@H](OC(C)=O)[C@H](OC(C)=O)[C@H]1OC(C)=O. The van der Waals surface area contributed by atoms with Crippen LogP contribution in [0.25, 0.3) is 0 Å². The average molecular weight is 867 g/mol. The standard InChI is InChI=1S/C38H42O23/c1-14(39)50-12-24-29(52-16(3)41)33(54-18(5)43)35(56-20(7)45)37(58-24)60-31-27(48)22-10-9-11-23(47)26(22)28(49)32(31)61-38-36(57-21(8)46)34(55-19(6)44)30(53-17(4)42)25(59-38)13-51-15(2)40/h9-11,24-25,29-30,33-38,47H,12-13H2,1-8H3/t24-,25+,29-,30-,33+,34+,35-,36-,37+,38-/m0/s1. The van der Waals surface area contributed by atoms with Crippen LogP contribution in [0.5, 0.6) is 5.75 Å². The zero-order valence-corrected chi connectivity index (χ0v) is 33.8. The predicted molar refractivity (Wildman–Crippen MR) is 190 cm³/mol. The molecule has 0 unspecified atom stereocenters. The molecule has 0 aromatic heterocycles. The molecule has 10 atom stereocenters. The molecule has 332 valence electrons. The van der Waals surface area contributed by atoms with Crippen LogP contribution in [0.4, 0.5) is 0 Å². The Morgan fingerprint density at radius 1 is 0.492 bits per heavy atom. The highest BCUT2D eigenvalue weighted by atomic mass is 16.8. The fourth-order valence-corrected chi connectivity index (χ4v) is 6.42. The summed E-state index contributed by atoms with van der Waals surface area (Å²) < 4.78 is 66.5. The Bertz CT molecular complexity index is 1980. The first kappa shape index (κ1) is 47.1. The minimum atomic E-state index is -2.14. The van der Waals surface area contributed by atoms with Gasteiger partial charge in [0, 0.05) is 61.0 Å². The number of carbonyl (C=O) groups excluding carboxylic acids is 10. The summed E-state index contributed by atoms with van der Waals surface area (Å²) in [6.07, 6.45) is -18.3. The van der Waals surface area contributed by atoms with Gasteiger partial charge < -0.3 is 61.9 Å². The van der Waals surface area contributed by atoms with Crippen molar-refractivity contribution in [1.29, 1.82) is 0 Å². The van der Waals surface area contributed by atoms with Gasteiger partial charge in [0.1, 0.15) is 31.2 Å². The van der Waals surface area contributed by atoms with Crippen LogP contribution < -0.4 is 0 Å². The fraction of sp³-hybridized carbons (Fsp3) is 0.526. The van der Waals surface area contributed by atoms with Gasteiger partial charge in [0.15, 0.2) is 24.4 Å². The summed E-state index contributed by atoms with van der Waals surface area (Å²) in [5.74, 6) is -13.2. The maximum absolute atomic E-state index is 14.4. The maximum atomic E-state index is 14.4. The summed E-state index contributed by atoms with van der Waals surface area (Å²) in [4.78, 5) is 127. The van der Waals surface area contributed by atoms with Crippen molar-refractivity contribution in [2.24, 2.45) is 0 Å². The maximum Gasteiger partial charge on any atom is 0.303 e. The van der Waals surface area contributed by atoms with Crippen molar-refractivity contribution < 1.29 is 110 Å². The molecule has 0 spiro atoms. The Morgan fingerprint density at radius 2 is 0.836 bits per heavy atom. The molecular formula is C38H42O23. The first-order valence-electron chi connectivity index (χ1n) is 18.2. The number of aromatic hydroxyl groups is 1. The lowest BCUT2D eigenvalue weighted by atomic mass is 9.91. The molecule has 3 aliphatic rings. The van der Waals surface area contributed by atoms with E-state index >= 15 is 0 Å². The molecule has 1 aromatic rings. The van der Waals surface area contributed by atoms with Crippen LogP contribution in [0.1, 0.15) is 76.1 Å². The molecule has 0 amide bonds. The van der Waals surface area contributed by atoms with Crippen LogP contribution in [0, 0.1) is 0 Å². The van der Waals surface area contributed by atoms with Crippen molar-refractivity contribution in [2.75, 3.05) is 13.2 Å². The van der Waals surface area contributed by atoms with Gasteiger partial charge in [-0.25, -0.2) is 0 Å². The lowest BCUT2D eigenvalue weighted by Crippen LogP contribution is -2.63. The lowest BCUT2D eigenvalue weighted by molar-refractivity contribution is -0.304. The molecule has 0 bridgehead atoms. The molecule has 4 rings (SSSR count). The van der Waals surface area contributed by atoms with E-state index in [1.807, 2.05) is 0 Å². The Labute approximate surface area is 345 Å². The Kier molecular flexibility index (Phi) is 15.5. The number of hydrogen-bond acceptors (Lipinski definition) is 23. The summed E-state index contributed by atoms with van der Waals surface area (Å²) in [6.45, 7) is 6.36. The molecule has 2 fully saturated rings. The molecule has 0 saturated carbocycles. The highest BCUT2D eigenvalue weighted by Crippen LogP contribution is 2.39. The van der Waals surface area contributed by atoms with E-state index in [-0.39, 0.29) is 0 Å². The van der Waals surface area contributed by atoms with Gasteiger partial charge in [-0.15, -0.1) is 0 Å². The van der Waals surface area contributed by atoms with Gasteiger partial charge in [-0.3, -0.25) is 47.9 Å². The van der Waals surface area contributed by atoms with Crippen molar-refractivity contribution in [3.8, 4) is 5.75 Å². The minimum Gasteiger partial charge on any atom is -0.507 e. The van der Waals surface area contributed by atoms with Crippen LogP contribution in [0.2, 0.25) is 0 Å². The van der Waals surface area contributed by atoms with Gasteiger partial charge in [0.05, 0.1) is 5.56 Å². The second-order valence-electron chi connectivity index (χ2n) is 13.4. The zero-order valence-electron chi connectivity index (χ0n) is 33.8. The molecule has 61 heavy (non-hydrogen) atoms. The molecule has 1 aromatic carbocycles. The fourth-order valence-electron chi connectivity index (χ4n) is 6.42. The Balaban J connectivity index is 1.96. The van der Waals surface area contributed by atoms with E-state index in [1.165, 1.54) is 6.07 Å². The van der Waals surface area contributed by atoms with Crippen molar-refractivity contribution >= 4 is 59.3 Å². The molecular weight excluding hydrogens is 824 g/mol. The molecule has 23 heteroatoms. The summed E-state index contributed by atoms with van der Waals surface area (Å²) in [6, 6.07) is 3.38. The average Bonchev–Trinajstić information content (AvgIpc) is 3.13. The number of fused-ring (bicyclic) bond motifs is 1. The number of ketones is 2. The van der Waals surface area contributed by atoms with E-state index < -0.39 is 162 Å². The normalized spacial score (nSPS) is 27.0. The summed E-state index contributed by atoms with van der Waals surface area (Å²) >= 11 is 0. The topological polar surface area (TPSA) is 302 Å². The van der Waals surface area contributed by atoms with Crippen LogP contribution in [-0.4, -0.2) is 139 Å². The Hall–Kier alpha value is -6.62. The third kappa shape index (κ3) is 11.8. The van der Waals surface area contributed by atoms with Crippen LogP contribution in [0.15, 0.2) is 29.7 Å². The number of esters is 8. The number of phenols is 1. The minimum absolute atomic E-state index is 0.473. The van der Waals surface area contributed by atoms with Gasteiger partial charge in [0.2, 0.25) is 47.9 Å². The summed E-state index contributed by atoms with van der Waals surface area (Å²) in [7, 11) is 0. The largest absolute Gasteiger partial charge is 0.507 e. The van der Waals surface area contributed by atoms with E-state index in [2.05, 4.69) is 0 Å². The van der Waals surface area contributed by atoms with E-state index in [0.717, 1.165) is 67.5 Å². The number of benzene rings is 1. The number of rotatable bonds is 14. The van der Waals surface area contributed by atoms with Crippen molar-refractivity contribution in [1.82, 2.24) is 0 Å². The van der Waals surface area contributed by atoms with E-state index in [0.29, 0.717) is 0 Å². The molecule has 1 N–H and O–H groups in total. The molecule has 1 aliphatic carbocycles. The second kappa shape index (κ2) is 20.1. The van der Waals surface area contributed by atoms with Crippen LogP contribution >= 0.6 is 0 Å². The third-order valence-corrected chi connectivity index (χ3v) is 8.50. The molecule has 2 heterocycles. The zero-order chi connectivity index (χ0) is 45.5. The van der Waals surface area contributed by atoms with Crippen molar-refractivity contribution in [3.63, 3.8) is 0 Å². The molecule has 23 nitrogen and oxygen atoms in total. The van der Waals surface area contributed by atoms with E-state index in [9.17, 15) is 53.1 Å². The van der Waals surface area contributed by atoms with Crippen LogP contribution in [0.3, 0.4) is 0 Å². The molecule has 2 aliphatic heterocycles. The number of phenolic OH excluding ortho intramolecular Hbond substituents is 1. The summed E-state index contributed by atoms with van der Waals surface area (Å²) in [5, 5.41) is 10.8. The van der Waals surface area contributed by atoms with Gasteiger partial charge in [-0.1, -0.05) is 6.07 Å². The lowest BCUT2D eigenvalue weighted by Gasteiger charge is -2.45. The van der Waals surface area contributed by atoms with Gasteiger partial charge in [0.25, 0.3) is 0 Å². The number of Topliss-reactive ketones (excluding diaryl/α,β-unsaturated/α-hetero) is 2. The first-order chi connectivity index (χ1) is 28.6. The highest BCUT2D eigenvalue weighted by molar-refractivity contribution is 6.26. The monoisotopic (exact) mass is 866 g/mol. The van der Waals surface area contributed by atoms with Crippen LogP contribution in [-0.2, 0) is 95.2 Å². The summed E-state index contributed by atoms with van der Waals surface area (Å²) in [5.41, 5.74) is -1.11. The molecule has 2 saturated heterocycles. The van der Waals surface area contributed by atoms with Gasteiger partial charge in [-0.2, -0.15) is 0 Å². The molecule has 0 radical (unpaired) electrons. The number of hydrogen-bond donors (Lipinski definition) is 1. The number of allylic oxidation sites excluding steroid dienone is 2. The predicted octanol–water partition coefficient (Wildman–Crippen LogP) is 0.182. The smallest absolute Gasteiger partial charge is 0.303 e. The quantitative estimate of drug-likeness (QED) is 0.193. The van der Waals surface area contributed by atoms with Crippen molar-refractivity contribution in [2.45, 2.75) is 117 Å². The number of ether oxygens (including phenoxy) is 12. The van der Waals surface area contributed by atoms with E-state index in [4.69, 9.17) is 56.8 Å². The Morgan fingerprint density at radius 3 is 1.20 bits per heavy atom. The van der Waals surface area contributed by atoms with E-state index in [1.54, 1.807) is 0 Å². The van der Waals surface area contributed by atoms with Gasteiger partial charge in [-0.05, 0) is 12.1 Å². The number of carbonyl (C=O) groups is 10. The van der Waals surface area contributed by atoms with Crippen molar-refractivity contribution in [3.05, 3.63) is 40.8 Å².